The fraction of sp³-hybridized carbons (Fsp3) is 0.312. The Labute approximate surface area is 143 Å². The zero-order chi connectivity index (χ0) is 16.1. The predicted molar refractivity (Wildman–Crippen MR) is 94.1 cm³/mol. The molecule has 1 aliphatic rings. The van der Waals surface area contributed by atoms with Gasteiger partial charge in [-0.25, -0.2) is 4.98 Å². The largest absolute Gasteiger partial charge is 0.341 e. The number of benzene rings is 1. The van der Waals surface area contributed by atoms with E-state index in [0.29, 0.717) is 17.8 Å². The van der Waals surface area contributed by atoms with Gasteiger partial charge in [-0.15, -0.1) is 11.3 Å². The molecule has 0 aliphatic carbocycles. The lowest BCUT2D eigenvalue weighted by Crippen LogP contribution is -2.38. The van der Waals surface area contributed by atoms with Gasteiger partial charge in [0.25, 0.3) is 5.91 Å². The van der Waals surface area contributed by atoms with Crippen molar-refractivity contribution >= 4 is 40.6 Å². The lowest BCUT2D eigenvalue weighted by Gasteiger charge is -2.26. The van der Waals surface area contributed by atoms with Crippen molar-refractivity contribution < 1.29 is 9.59 Å². The van der Waals surface area contributed by atoms with Crippen LogP contribution in [0.2, 0.25) is 0 Å². The number of rotatable bonds is 4. The first kappa shape index (κ1) is 16.0. The van der Waals surface area contributed by atoms with Crippen molar-refractivity contribution in [2.75, 3.05) is 29.9 Å². The summed E-state index contributed by atoms with van der Waals surface area (Å²) in [6.07, 6.45) is 0.408. The minimum absolute atomic E-state index is 0.171. The Kier molecular flexibility index (Phi) is 5.30. The van der Waals surface area contributed by atoms with Gasteiger partial charge in [0.05, 0.1) is 11.9 Å². The standard InChI is InChI=1S/C16H17N3O2S2/c20-15(19-5-7-22-8-6-19)9-12-1-3-13(4-2-12)18-16(21)14-10-23-11-17-14/h1-4,10-11H,5-9H2,(H,18,21). The smallest absolute Gasteiger partial charge is 0.275 e. The second-order valence-corrected chi connectivity index (χ2v) is 7.14. The molecule has 2 aromatic rings. The van der Waals surface area contributed by atoms with Gasteiger partial charge >= 0.3 is 0 Å². The van der Waals surface area contributed by atoms with Crippen LogP contribution in [0, 0.1) is 0 Å². The second kappa shape index (κ2) is 7.61. The topological polar surface area (TPSA) is 62.3 Å². The van der Waals surface area contributed by atoms with Crippen LogP contribution in [0.4, 0.5) is 5.69 Å². The first-order chi connectivity index (χ1) is 11.2. The number of nitrogens with one attached hydrogen (secondary N) is 1. The summed E-state index contributed by atoms with van der Waals surface area (Å²) in [5.74, 6) is 1.99. The summed E-state index contributed by atoms with van der Waals surface area (Å²) in [5.41, 5.74) is 3.70. The van der Waals surface area contributed by atoms with Crippen molar-refractivity contribution in [3.63, 3.8) is 0 Å². The highest BCUT2D eigenvalue weighted by Crippen LogP contribution is 2.14. The number of amides is 2. The Balaban J connectivity index is 1.56. The van der Waals surface area contributed by atoms with Crippen molar-refractivity contribution in [1.82, 2.24) is 9.88 Å². The van der Waals surface area contributed by atoms with E-state index in [2.05, 4.69) is 10.3 Å². The van der Waals surface area contributed by atoms with Gasteiger partial charge in [-0.2, -0.15) is 11.8 Å². The van der Waals surface area contributed by atoms with Crippen LogP contribution >= 0.6 is 23.1 Å². The molecule has 3 rings (SSSR count). The van der Waals surface area contributed by atoms with E-state index < -0.39 is 0 Å². The van der Waals surface area contributed by atoms with E-state index in [9.17, 15) is 9.59 Å². The highest BCUT2D eigenvalue weighted by molar-refractivity contribution is 7.99. The van der Waals surface area contributed by atoms with Gasteiger partial charge in [0.2, 0.25) is 5.91 Å². The first-order valence-corrected chi connectivity index (χ1v) is 9.46. The number of anilines is 1. The van der Waals surface area contributed by atoms with Crippen molar-refractivity contribution in [2.24, 2.45) is 0 Å². The fourth-order valence-electron chi connectivity index (χ4n) is 2.32. The number of carbonyl (C=O) groups is 2. The Hall–Kier alpha value is -1.86. The summed E-state index contributed by atoms with van der Waals surface area (Å²) >= 11 is 3.28. The lowest BCUT2D eigenvalue weighted by atomic mass is 10.1. The lowest BCUT2D eigenvalue weighted by molar-refractivity contribution is -0.130. The average Bonchev–Trinajstić information content (AvgIpc) is 3.12. The van der Waals surface area contributed by atoms with Crippen LogP contribution in [0.1, 0.15) is 16.1 Å². The van der Waals surface area contributed by atoms with Crippen LogP contribution in [0.15, 0.2) is 35.2 Å². The molecule has 7 heteroatoms. The third-order valence-electron chi connectivity index (χ3n) is 3.60. The van der Waals surface area contributed by atoms with Gasteiger partial charge in [0, 0.05) is 35.7 Å². The number of nitrogens with zero attached hydrogens (tertiary/aromatic N) is 2. The number of thioether (sulfide) groups is 1. The molecule has 1 saturated heterocycles. The molecule has 1 N–H and O–H groups in total. The maximum absolute atomic E-state index is 12.2. The number of carbonyl (C=O) groups excluding carboxylic acids is 2. The van der Waals surface area contributed by atoms with E-state index in [1.165, 1.54) is 11.3 Å². The molecule has 5 nitrogen and oxygen atoms in total. The maximum atomic E-state index is 12.2. The minimum Gasteiger partial charge on any atom is -0.341 e. The van der Waals surface area contributed by atoms with E-state index in [0.717, 1.165) is 30.2 Å². The molecule has 0 unspecified atom stereocenters. The van der Waals surface area contributed by atoms with Crippen LogP contribution in [-0.2, 0) is 11.2 Å². The molecule has 1 fully saturated rings. The highest BCUT2D eigenvalue weighted by Gasteiger charge is 2.16. The van der Waals surface area contributed by atoms with E-state index >= 15 is 0 Å². The molecule has 1 aromatic carbocycles. The third-order valence-corrected chi connectivity index (χ3v) is 5.12. The first-order valence-electron chi connectivity index (χ1n) is 7.36. The number of hydrogen-bond donors (Lipinski definition) is 1. The van der Waals surface area contributed by atoms with Crippen molar-refractivity contribution in [3.05, 3.63) is 46.4 Å². The molecule has 23 heavy (non-hydrogen) atoms. The Morgan fingerprint density at radius 1 is 1.17 bits per heavy atom. The summed E-state index contributed by atoms with van der Waals surface area (Å²) in [4.78, 5) is 30.0. The monoisotopic (exact) mass is 347 g/mol. The van der Waals surface area contributed by atoms with Gasteiger partial charge < -0.3 is 10.2 Å². The van der Waals surface area contributed by atoms with Crippen molar-refractivity contribution in [3.8, 4) is 0 Å². The molecule has 120 valence electrons. The summed E-state index contributed by atoms with van der Waals surface area (Å²) in [5, 5.41) is 4.50. The molecule has 1 aliphatic heterocycles. The van der Waals surface area contributed by atoms with Gasteiger partial charge in [0.1, 0.15) is 5.69 Å². The zero-order valence-corrected chi connectivity index (χ0v) is 14.2. The Bertz CT molecular complexity index is 665. The van der Waals surface area contributed by atoms with Gasteiger partial charge in [0.15, 0.2) is 0 Å². The number of hydrogen-bond acceptors (Lipinski definition) is 5. The van der Waals surface area contributed by atoms with Crippen LogP contribution < -0.4 is 5.32 Å². The Morgan fingerprint density at radius 2 is 1.91 bits per heavy atom. The maximum Gasteiger partial charge on any atom is 0.275 e. The molecular weight excluding hydrogens is 330 g/mol. The van der Waals surface area contributed by atoms with Gasteiger partial charge in [-0.3, -0.25) is 9.59 Å². The quantitative estimate of drug-likeness (QED) is 0.923. The van der Waals surface area contributed by atoms with Gasteiger partial charge in [-0.05, 0) is 17.7 Å². The normalized spacial score (nSPS) is 14.5. The predicted octanol–water partition coefficient (Wildman–Crippen LogP) is 2.51. The van der Waals surface area contributed by atoms with Crippen LogP contribution in [0.5, 0.6) is 0 Å². The molecule has 2 amide bonds. The van der Waals surface area contributed by atoms with E-state index in [1.54, 1.807) is 10.9 Å². The zero-order valence-electron chi connectivity index (χ0n) is 12.5. The average molecular weight is 347 g/mol. The van der Waals surface area contributed by atoms with Crippen LogP contribution in [-0.4, -0.2) is 46.3 Å². The summed E-state index contributed by atoms with van der Waals surface area (Å²) in [6, 6.07) is 7.40. The molecule has 0 spiro atoms. The minimum atomic E-state index is -0.221. The molecule has 1 aromatic heterocycles. The number of aromatic nitrogens is 1. The summed E-state index contributed by atoms with van der Waals surface area (Å²) in [6.45, 7) is 1.68. The number of thiazole rings is 1. The summed E-state index contributed by atoms with van der Waals surface area (Å²) in [7, 11) is 0. The SMILES string of the molecule is O=C(Nc1ccc(CC(=O)N2CCSCC2)cc1)c1cscn1. The summed E-state index contributed by atoms with van der Waals surface area (Å²) < 4.78 is 0. The Morgan fingerprint density at radius 3 is 2.57 bits per heavy atom. The molecule has 0 atom stereocenters. The van der Waals surface area contributed by atoms with Gasteiger partial charge in [-0.1, -0.05) is 12.1 Å². The third kappa shape index (κ3) is 4.33. The van der Waals surface area contributed by atoms with E-state index in [-0.39, 0.29) is 11.8 Å². The van der Waals surface area contributed by atoms with Crippen LogP contribution in [0.3, 0.4) is 0 Å². The molecule has 0 saturated carbocycles. The highest BCUT2D eigenvalue weighted by atomic mass is 32.2. The van der Waals surface area contributed by atoms with E-state index in [1.807, 2.05) is 40.9 Å². The molecular formula is C16H17N3O2S2. The van der Waals surface area contributed by atoms with Crippen LogP contribution in [0.25, 0.3) is 0 Å². The fourth-order valence-corrected chi connectivity index (χ4v) is 3.76. The molecule has 2 heterocycles. The van der Waals surface area contributed by atoms with E-state index in [4.69, 9.17) is 0 Å². The molecule has 0 bridgehead atoms. The second-order valence-electron chi connectivity index (χ2n) is 5.19. The van der Waals surface area contributed by atoms with Crippen molar-refractivity contribution in [2.45, 2.75) is 6.42 Å². The molecule has 0 radical (unpaired) electrons. The van der Waals surface area contributed by atoms with Crippen molar-refractivity contribution in [1.29, 1.82) is 0 Å².